The molecule has 4 aliphatic carbocycles. The highest BCUT2D eigenvalue weighted by Gasteiger charge is 2.59. The van der Waals surface area contributed by atoms with E-state index >= 15 is 0 Å². The molecule has 0 bridgehead atoms. The van der Waals surface area contributed by atoms with Crippen LogP contribution in [0.1, 0.15) is 105 Å². The van der Waals surface area contributed by atoms with Crippen LogP contribution in [0.4, 0.5) is 0 Å². The summed E-state index contributed by atoms with van der Waals surface area (Å²) in [7, 11) is 0. The highest BCUT2D eigenvalue weighted by Crippen LogP contribution is 2.67. The van der Waals surface area contributed by atoms with Crippen LogP contribution in [0.25, 0.3) is 0 Å². The number of allylic oxidation sites excluding steroid dienone is 1. The molecule has 0 radical (unpaired) electrons. The van der Waals surface area contributed by atoms with Crippen LogP contribution in [-0.2, 0) is 0 Å². The number of fused-ring (bicyclic) bond motifs is 5. The minimum Gasteiger partial charge on any atom is -0.303 e. The predicted octanol–water partition coefficient (Wildman–Crippen LogP) is 7.62. The largest absolute Gasteiger partial charge is 0.303 e. The van der Waals surface area contributed by atoms with E-state index in [1.54, 1.807) is 5.57 Å². The first-order chi connectivity index (χ1) is 14.8. The topological polar surface area (TPSA) is 12.0 Å². The molecule has 0 spiro atoms. The van der Waals surface area contributed by atoms with Gasteiger partial charge in [-0.3, -0.25) is 0 Å². The molecule has 0 aromatic carbocycles. The van der Waals surface area contributed by atoms with E-state index in [9.17, 15) is 0 Å². The number of terminal acetylenes is 1. The maximum Gasteiger partial charge on any atom is 0.0576 e. The molecule has 3 saturated carbocycles. The summed E-state index contributed by atoms with van der Waals surface area (Å²) in [4.78, 5) is 0. The Bertz CT molecular complexity index is 698. The molecular weight excluding hydrogens is 374 g/mol. The van der Waals surface area contributed by atoms with Gasteiger partial charge in [0.2, 0.25) is 0 Å². The van der Waals surface area contributed by atoms with E-state index in [1.807, 2.05) is 0 Å². The molecule has 0 aromatic rings. The van der Waals surface area contributed by atoms with Crippen molar-refractivity contribution in [2.45, 2.75) is 111 Å². The van der Waals surface area contributed by atoms with Gasteiger partial charge in [0.15, 0.2) is 0 Å². The maximum absolute atomic E-state index is 5.50. The summed E-state index contributed by atoms with van der Waals surface area (Å²) in [6, 6.07) is 0.600. The van der Waals surface area contributed by atoms with Gasteiger partial charge in [-0.2, -0.15) is 0 Å². The van der Waals surface area contributed by atoms with Crippen LogP contribution in [0.3, 0.4) is 0 Å². The Labute approximate surface area is 193 Å². The van der Waals surface area contributed by atoms with Gasteiger partial charge in [0, 0.05) is 6.04 Å². The SMILES string of the molecule is C#CCN[C@H]1CC[C@@]2(C)C(=CC[C@H]3[C@@H]4CC[C@H]([C@H](C)CCCC(C)C)[C@@]4(C)CC[C@@H]32)C1. The van der Waals surface area contributed by atoms with Crippen molar-refractivity contribution in [3.63, 3.8) is 0 Å². The first-order valence-electron chi connectivity index (χ1n) is 13.7. The Morgan fingerprint density at radius 1 is 1.06 bits per heavy atom. The summed E-state index contributed by atoms with van der Waals surface area (Å²) >= 11 is 0. The van der Waals surface area contributed by atoms with Crippen LogP contribution < -0.4 is 5.32 Å². The van der Waals surface area contributed by atoms with Crippen LogP contribution in [0.5, 0.6) is 0 Å². The summed E-state index contributed by atoms with van der Waals surface area (Å²) in [5.41, 5.74) is 2.83. The van der Waals surface area contributed by atoms with Gasteiger partial charge in [-0.25, -0.2) is 0 Å². The van der Waals surface area contributed by atoms with Crippen molar-refractivity contribution in [3.8, 4) is 12.3 Å². The van der Waals surface area contributed by atoms with Crippen molar-refractivity contribution in [1.82, 2.24) is 5.32 Å². The van der Waals surface area contributed by atoms with Gasteiger partial charge in [0.05, 0.1) is 6.54 Å². The Balaban J connectivity index is 1.46. The number of nitrogens with one attached hydrogen (secondary N) is 1. The zero-order chi connectivity index (χ0) is 22.2. The molecule has 0 saturated heterocycles. The lowest BCUT2D eigenvalue weighted by Crippen LogP contribution is -2.51. The number of hydrogen-bond donors (Lipinski definition) is 1. The fraction of sp³-hybridized carbons (Fsp3) is 0.867. The molecule has 174 valence electrons. The molecule has 1 heteroatoms. The summed E-state index contributed by atoms with van der Waals surface area (Å²) in [6.07, 6.45) is 23.7. The maximum atomic E-state index is 5.50. The average molecular weight is 424 g/mol. The Kier molecular flexibility index (Phi) is 6.99. The molecule has 1 nitrogen and oxygen atoms in total. The Morgan fingerprint density at radius 3 is 2.61 bits per heavy atom. The van der Waals surface area contributed by atoms with Crippen molar-refractivity contribution in [1.29, 1.82) is 0 Å². The van der Waals surface area contributed by atoms with Gasteiger partial charge in [0.1, 0.15) is 0 Å². The lowest BCUT2D eigenvalue weighted by atomic mass is 9.47. The van der Waals surface area contributed by atoms with Crippen molar-refractivity contribution in [2.75, 3.05) is 6.54 Å². The normalized spacial score (nSPS) is 42.9. The molecular formula is C30H49N. The first-order valence-corrected chi connectivity index (χ1v) is 13.7. The van der Waals surface area contributed by atoms with Gasteiger partial charge in [0.25, 0.3) is 0 Å². The van der Waals surface area contributed by atoms with Gasteiger partial charge >= 0.3 is 0 Å². The van der Waals surface area contributed by atoms with Gasteiger partial charge in [-0.15, -0.1) is 6.42 Å². The van der Waals surface area contributed by atoms with E-state index in [2.05, 4.69) is 51.9 Å². The van der Waals surface area contributed by atoms with E-state index in [4.69, 9.17) is 6.42 Å². The van der Waals surface area contributed by atoms with E-state index in [-0.39, 0.29) is 0 Å². The van der Waals surface area contributed by atoms with Crippen LogP contribution in [0.15, 0.2) is 11.6 Å². The second-order valence-electron chi connectivity index (χ2n) is 12.8. The minimum absolute atomic E-state index is 0.458. The molecule has 0 aliphatic heterocycles. The first kappa shape index (κ1) is 23.4. The monoisotopic (exact) mass is 423 g/mol. The van der Waals surface area contributed by atoms with Crippen LogP contribution >= 0.6 is 0 Å². The van der Waals surface area contributed by atoms with E-state index in [1.165, 1.54) is 70.6 Å². The molecule has 8 atom stereocenters. The second-order valence-corrected chi connectivity index (χ2v) is 12.8. The molecule has 0 heterocycles. The molecule has 0 amide bonds. The van der Waals surface area contributed by atoms with Crippen LogP contribution in [-0.4, -0.2) is 12.6 Å². The lowest BCUT2D eigenvalue weighted by molar-refractivity contribution is -0.0514. The van der Waals surface area contributed by atoms with Gasteiger partial charge < -0.3 is 5.32 Å². The molecule has 3 fully saturated rings. The lowest BCUT2D eigenvalue weighted by Gasteiger charge is -2.58. The third kappa shape index (κ3) is 4.28. The summed E-state index contributed by atoms with van der Waals surface area (Å²) < 4.78 is 0. The summed E-state index contributed by atoms with van der Waals surface area (Å²) in [5.74, 6) is 8.34. The second kappa shape index (κ2) is 9.25. The smallest absolute Gasteiger partial charge is 0.0576 e. The van der Waals surface area contributed by atoms with Crippen molar-refractivity contribution in [3.05, 3.63) is 11.6 Å². The molecule has 1 N–H and O–H groups in total. The Morgan fingerprint density at radius 2 is 1.87 bits per heavy atom. The van der Waals surface area contributed by atoms with E-state index < -0.39 is 0 Å². The zero-order valence-electron chi connectivity index (χ0n) is 21.2. The van der Waals surface area contributed by atoms with Gasteiger partial charge in [-0.1, -0.05) is 71.5 Å². The molecule has 0 aromatic heterocycles. The fourth-order valence-electron chi connectivity index (χ4n) is 9.06. The van der Waals surface area contributed by atoms with E-state index in [0.29, 0.717) is 16.9 Å². The Hall–Kier alpha value is -0.740. The third-order valence-electron chi connectivity index (χ3n) is 10.8. The average Bonchev–Trinajstić information content (AvgIpc) is 3.09. The highest BCUT2D eigenvalue weighted by molar-refractivity contribution is 5.26. The summed E-state index contributed by atoms with van der Waals surface area (Å²) in [5, 5.41) is 3.60. The number of rotatable bonds is 7. The van der Waals surface area contributed by atoms with Gasteiger partial charge in [-0.05, 0) is 97.7 Å². The predicted molar refractivity (Wildman–Crippen MR) is 134 cm³/mol. The van der Waals surface area contributed by atoms with Crippen molar-refractivity contribution in [2.24, 2.45) is 46.3 Å². The quantitative estimate of drug-likeness (QED) is 0.328. The summed E-state index contributed by atoms with van der Waals surface area (Å²) in [6.45, 7) is 13.4. The zero-order valence-corrected chi connectivity index (χ0v) is 21.2. The third-order valence-corrected chi connectivity index (χ3v) is 10.8. The van der Waals surface area contributed by atoms with Crippen LogP contribution in [0, 0.1) is 58.7 Å². The molecule has 4 rings (SSSR count). The molecule has 4 aliphatic rings. The van der Waals surface area contributed by atoms with E-state index in [0.717, 1.165) is 42.1 Å². The number of hydrogen-bond acceptors (Lipinski definition) is 1. The van der Waals surface area contributed by atoms with Crippen molar-refractivity contribution >= 4 is 0 Å². The highest BCUT2D eigenvalue weighted by atomic mass is 14.9. The minimum atomic E-state index is 0.458. The van der Waals surface area contributed by atoms with Crippen LogP contribution in [0.2, 0.25) is 0 Å². The standard InChI is InChI=1S/C30H49N/c1-7-19-31-24-15-17-29(5)23(20-24)11-12-25-27-14-13-26(22(4)10-8-9-21(2)3)30(27,6)18-16-28(25)29/h1,11,21-22,24-28,31H,8-10,12-20H2,2-6H3/t22-,24+,25+,26-,27+,28+,29+,30-/m1/s1. The van der Waals surface area contributed by atoms with Crippen molar-refractivity contribution < 1.29 is 0 Å². The fourth-order valence-corrected chi connectivity index (χ4v) is 9.06. The molecule has 0 unspecified atom stereocenters. The molecule has 31 heavy (non-hydrogen) atoms.